The van der Waals surface area contributed by atoms with Crippen molar-refractivity contribution in [3.63, 3.8) is 0 Å². The number of hydrogen-bond acceptors (Lipinski definition) is 4. The summed E-state index contributed by atoms with van der Waals surface area (Å²) in [5, 5.41) is 7.63. The van der Waals surface area contributed by atoms with Gasteiger partial charge in [-0.1, -0.05) is 12.1 Å². The van der Waals surface area contributed by atoms with Gasteiger partial charge in [0.25, 0.3) is 0 Å². The van der Waals surface area contributed by atoms with Crippen molar-refractivity contribution in [2.24, 2.45) is 7.05 Å². The standard InChI is InChI=1S/C15H20N6/c1-20(2)14(11-8-17-21(3)10-11)9-16-15-18-12-6-4-5-7-13(12)19-15/h4-8,10,14H,9H2,1-3H3,(H2,16,18,19). The Bertz CT molecular complexity index is 693. The number of fused-ring (bicyclic) bond motifs is 1. The Kier molecular flexibility index (Phi) is 3.62. The summed E-state index contributed by atoms with van der Waals surface area (Å²) in [4.78, 5) is 10.00. The lowest BCUT2D eigenvalue weighted by atomic mass is 10.1. The molecule has 1 aromatic carbocycles. The van der Waals surface area contributed by atoms with Crippen LogP contribution < -0.4 is 5.32 Å². The van der Waals surface area contributed by atoms with Crippen molar-refractivity contribution < 1.29 is 0 Å². The van der Waals surface area contributed by atoms with Crippen LogP contribution in [-0.4, -0.2) is 45.3 Å². The Balaban J connectivity index is 1.74. The molecule has 1 atom stereocenters. The summed E-state index contributed by atoms with van der Waals surface area (Å²) < 4.78 is 1.83. The fourth-order valence-electron chi connectivity index (χ4n) is 2.44. The summed E-state index contributed by atoms with van der Waals surface area (Å²) in [5.41, 5.74) is 3.21. The van der Waals surface area contributed by atoms with E-state index >= 15 is 0 Å². The number of rotatable bonds is 5. The van der Waals surface area contributed by atoms with Gasteiger partial charge in [-0.25, -0.2) is 4.98 Å². The summed E-state index contributed by atoms with van der Waals surface area (Å²) in [6, 6.07) is 8.26. The normalized spacial score (nSPS) is 13.0. The minimum absolute atomic E-state index is 0.243. The number of anilines is 1. The predicted molar refractivity (Wildman–Crippen MR) is 84.2 cm³/mol. The maximum Gasteiger partial charge on any atom is 0.201 e. The number of likely N-dealkylation sites (N-methyl/N-ethyl adjacent to an activating group) is 1. The number of imidazole rings is 1. The van der Waals surface area contributed by atoms with Crippen LogP contribution in [0, 0.1) is 0 Å². The van der Waals surface area contributed by atoms with Crippen LogP contribution in [0.3, 0.4) is 0 Å². The minimum Gasteiger partial charge on any atom is -0.354 e. The highest BCUT2D eigenvalue weighted by Crippen LogP contribution is 2.19. The number of benzene rings is 1. The number of aromatic amines is 1. The molecule has 2 N–H and O–H groups in total. The van der Waals surface area contributed by atoms with Crippen molar-refractivity contribution in [3.8, 4) is 0 Å². The third kappa shape index (κ3) is 2.90. The Labute approximate surface area is 123 Å². The Hall–Kier alpha value is -2.34. The van der Waals surface area contributed by atoms with Crippen molar-refractivity contribution in [2.45, 2.75) is 6.04 Å². The smallest absolute Gasteiger partial charge is 0.201 e. The van der Waals surface area contributed by atoms with Gasteiger partial charge in [-0.3, -0.25) is 4.68 Å². The Morgan fingerprint density at radius 3 is 2.81 bits per heavy atom. The van der Waals surface area contributed by atoms with E-state index in [-0.39, 0.29) is 6.04 Å². The van der Waals surface area contributed by atoms with Gasteiger partial charge < -0.3 is 15.2 Å². The van der Waals surface area contributed by atoms with Crippen LogP contribution in [0.5, 0.6) is 0 Å². The lowest BCUT2D eigenvalue weighted by molar-refractivity contribution is 0.311. The average Bonchev–Trinajstić information content (AvgIpc) is 3.04. The maximum atomic E-state index is 4.54. The molecule has 3 rings (SSSR count). The molecule has 0 aliphatic rings. The average molecular weight is 284 g/mol. The van der Waals surface area contributed by atoms with E-state index in [9.17, 15) is 0 Å². The first-order chi connectivity index (χ1) is 10.1. The molecule has 0 saturated heterocycles. The summed E-state index contributed by atoms with van der Waals surface area (Å²) in [6.45, 7) is 0.762. The number of aromatic nitrogens is 4. The lowest BCUT2D eigenvalue weighted by Crippen LogP contribution is -2.26. The number of para-hydroxylation sites is 2. The zero-order chi connectivity index (χ0) is 14.8. The number of nitrogens with one attached hydrogen (secondary N) is 2. The van der Waals surface area contributed by atoms with Gasteiger partial charge in [0.15, 0.2) is 0 Å². The molecule has 0 aliphatic carbocycles. The Morgan fingerprint density at radius 1 is 1.33 bits per heavy atom. The van der Waals surface area contributed by atoms with Gasteiger partial charge in [-0.2, -0.15) is 5.10 Å². The summed E-state index contributed by atoms with van der Waals surface area (Å²) in [5.74, 6) is 0.798. The molecule has 2 aromatic heterocycles. The molecule has 1 unspecified atom stereocenters. The number of aryl methyl sites for hydroxylation is 1. The topological polar surface area (TPSA) is 61.8 Å². The molecular formula is C15H20N6. The number of H-pyrrole nitrogens is 1. The highest BCUT2D eigenvalue weighted by atomic mass is 15.2. The zero-order valence-corrected chi connectivity index (χ0v) is 12.5. The molecule has 0 radical (unpaired) electrons. The van der Waals surface area contributed by atoms with E-state index in [4.69, 9.17) is 0 Å². The fourth-order valence-corrected chi connectivity index (χ4v) is 2.44. The first-order valence-electron chi connectivity index (χ1n) is 6.97. The summed E-state index contributed by atoms with van der Waals surface area (Å²) in [6.07, 6.45) is 3.95. The van der Waals surface area contributed by atoms with Crippen molar-refractivity contribution in [1.29, 1.82) is 0 Å². The van der Waals surface area contributed by atoms with Crippen LogP contribution in [0.4, 0.5) is 5.95 Å². The predicted octanol–water partition coefficient (Wildman–Crippen LogP) is 2.01. The van der Waals surface area contributed by atoms with Gasteiger partial charge in [0.05, 0.1) is 23.3 Å². The van der Waals surface area contributed by atoms with Crippen LogP contribution in [0.2, 0.25) is 0 Å². The van der Waals surface area contributed by atoms with Crippen LogP contribution in [0.1, 0.15) is 11.6 Å². The van der Waals surface area contributed by atoms with Crippen molar-refractivity contribution in [2.75, 3.05) is 26.0 Å². The highest BCUT2D eigenvalue weighted by Gasteiger charge is 2.16. The second-order valence-electron chi connectivity index (χ2n) is 5.41. The van der Waals surface area contributed by atoms with Crippen LogP contribution in [0.25, 0.3) is 11.0 Å². The molecule has 21 heavy (non-hydrogen) atoms. The molecule has 0 bridgehead atoms. The fraction of sp³-hybridized carbons (Fsp3) is 0.333. The summed E-state index contributed by atoms with van der Waals surface area (Å²) in [7, 11) is 6.07. The first kappa shape index (κ1) is 13.6. The molecule has 6 heteroatoms. The Morgan fingerprint density at radius 2 is 2.14 bits per heavy atom. The van der Waals surface area contributed by atoms with Gasteiger partial charge in [-0.15, -0.1) is 0 Å². The largest absolute Gasteiger partial charge is 0.354 e. The molecule has 0 aliphatic heterocycles. The molecule has 0 saturated carbocycles. The highest BCUT2D eigenvalue weighted by molar-refractivity contribution is 5.77. The second-order valence-corrected chi connectivity index (χ2v) is 5.41. The molecule has 2 heterocycles. The van der Waals surface area contributed by atoms with Gasteiger partial charge in [0, 0.05) is 25.4 Å². The molecule has 0 fully saturated rings. The van der Waals surface area contributed by atoms with E-state index in [1.165, 1.54) is 5.56 Å². The van der Waals surface area contributed by atoms with Gasteiger partial charge >= 0.3 is 0 Å². The number of nitrogens with zero attached hydrogens (tertiary/aromatic N) is 4. The quantitative estimate of drug-likeness (QED) is 0.752. The maximum absolute atomic E-state index is 4.54. The second kappa shape index (κ2) is 5.57. The lowest BCUT2D eigenvalue weighted by Gasteiger charge is -2.23. The van der Waals surface area contributed by atoms with Crippen molar-refractivity contribution in [1.82, 2.24) is 24.6 Å². The van der Waals surface area contributed by atoms with E-state index in [2.05, 4.69) is 39.4 Å². The molecule has 0 amide bonds. The van der Waals surface area contributed by atoms with Gasteiger partial charge in [0.2, 0.25) is 5.95 Å². The molecule has 3 aromatic rings. The van der Waals surface area contributed by atoms with E-state index in [1.807, 2.05) is 48.4 Å². The van der Waals surface area contributed by atoms with Crippen LogP contribution in [0.15, 0.2) is 36.7 Å². The molecular weight excluding hydrogens is 264 g/mol. The van der Waals surface area contributed by atoms with Crippen LogP contribution >= 0.6 is 0 Å². The SMILES string of the molecule is CN(C)C(CNc1nc2ccccc2[nH]1)c1cnn(C)c1. The van der Waals surface area contributed by atoms with E-state index < -0.39 is 0 Å². The van der Waals surface area contributed by atoms with E-state index in [0.717, 1.165) is 23.5 Å². The van der Waals surface area contributed by atoms with Gasteiger partial charge in [0.1, 0.15) is 0 Å². The van der Waals surface area contributed by atoms with E-state index in [0.29, 0.717) is 0 Å². The van der Waals surface area contributed by atoms with E-state index in [1.54, 1.807) is 0 Å². The van der Waals surface area contributed by atoms with Gasteiger partial charge in [-0.05, 0) is 26.2 Å². The first-order valence-corrected chi connectivity index (χ1v) is 6.97. The zero-order valence-electron chi connectivity index (χ0n) is 12.5. The number of hydrogen-bond donors (Lipinski definition) is 2. The minimum atomic E-state index is 0.243. The third-order valence-electron chi connectivity index (χ3n) is 3.59. The molecule has 6 nitrogen and oxygen atoms in total. The van der Waals surface area contributed by atoms with Crippen molar-refractivity contribution in [3.05, 3.63) is 42.2 Å². The monoisotopic (exact) mass is 284 g/mol. The molecule has 0 spiro atoms. The summed E-state index contributed by atoms with van der Waals surface area (Å²) >= 11 is 0. The van der Waals surface area contributed by atoms with Crippen LogP contribution in [-0.2, 0) is 7.05 Å². The molecule has 110 valence electrons. The van der Waals surface area contributed by atoms with Crippen molar-refractivity contribution >= 4 is 17.0 Å². The third-order valence-corrected chi connectivity index (χ3v) is 3.59.